The van der Waals surface area contributed by atoms with E-state index in [0.29, 0.717) is 22.3 Å². The van der Waals surface area contributed by atoms with Crippen molar-refractivity contribution in [2.45, 2.75) is 19.5 Å². The van der Waals surface area contributed by atoms with Gasteiger partial charge in [0.05, 0.1) is 28.9 Å². The number of halogens is 2. The van der Waals surface area contributed by atoms with Crippen LogP contribution in [0.2, 0.25) is 10.0 Å². The number of nitrogens with one attached hydrogen (secondary N) is 1. The number of nitrogens with zero attached hydrogens (tertiary/aromatic N) is 1. The zero-order valence-electron chi connectivity index (χ0n) is 13.8. The van der Waals surface area contributed by atoms with Gasteiger partial charge in [-0.2, -0.15) is 0 Å². The number of hydrogen-bond donors (Lipinski definition) is 1. The summed E-state index contributed by atoms with van der Waals surface area (Å²) in [5.41, 5.74) is 1.53. The number of hydrogen-bond acceptors (Lipinski definition) is 3. The number of amides is 1. The normalized spacial score (nSPS) is 12.1. The second-order valence-electron chi connectivity index (χ2n) is 5.53. The summed E-state index contributed by atoms with van der Waals surface area (Å²) in [4.78, 5) is 14.4. The number of carbonyl (C=O) groups is 1. The molecule has 0 aliphatic carbocycles. The third-order valence-corrected chi connectivity index (χ3v) is 4.47. The molecule has 1 atom stereocenters. The van der Waals surface area contributed by atoms with E-state index >= 15 is 0 Å². The van der Waals surface area contributed by atoms with Crippen LogP contribution < -0.4 is 10.1 Å². The minimum absolute atomic E-state index is 0.166. The molecule has 0 unspecified atom stereocenters. The molecule has 2 aromatic rings. The number of ether oxygens (including phenoxy) is 1. The van der Waals surface area contributed by atoms with Crippen LogP contribution in [-0.4, -0.2) is 31.0 Å². The van der Waals surface area contributed by atoms with E-state index in [1.54, 1.807) is 25.3 Å². The van der Waals surface area contributed by atoms with Crippen LogP contribution in [-0.2, 0) is 11.3 Å². The first-order valence-corrected chi connectivity index (χ1v) is 8.26. The maximum Gasteiger partial charge on any atom is 0.241 e. The largest absolute Gasteiger partial charge is 0.497 e. The first kappa shape index (κ1) is 18.6. The molecule has 0 aromatic heterocycles. The van der Waals surface area contributed by atoms with Gasteiger partial charge in [0.2, 0.25) is 5.91 Å². The molecule has 4 nitrogen and oxygen atoms in total. The van der Waals surface area contributed by atoms with Gasteiger partial charge in [-0.3, -0.25) is 9.69 Å². The van der Waals surface area contributed by atoms with Crippen molar-refractivity contribution in [1.82, 2.24) is 4.90 Å². The van der Waals surface area contributed by atoms with E-state index in [1.807, 2.05) is 43.1 Å². The Morgan fingerprint density at radius 3 is 2.29 bits per heavy atom. The van der Waals surface area contributed by atoms with E-state index in [2.05, 4.69) is 5.32 Å². The van der Waals surface area contributed by atoms with Crippen molar-refractivity contribution in [3.8, 4) is 5.75 Å². The highest BCUT2D eigenvalue weighted by atomic mass is 35.5. The van der Waals surface area contributed by atoms with Crippen molar-refractivity contribution in [2.24, 2.45) is 0 Å². The molecule has 0 radical (unpaired) electrons. The Labute approximate surface area is 152 Å². The molecule has 1 N–H and O–H groups in total. The van der Waals surface area contributed by atoms with Gasteiger partial charge in [-0.25, -0.2) is 0 Å². The lowest BCUT2D eigenvalue weighted by atomic mass is 10.1. The molecule has 0 heterocycles. The fourth-order valence-electron chi connectivity index (χ4n) is 2.20. The lowest BCUT2D eigenvalue weighted by molar-refractivity contribution is -0.120. The molecule has 128 valence electrons. The Morgan fingerprint density at radius 2 is 1.75 bits per heavy atom. The average molecular weight is 367 g/mol. The Hall–Kier alpha value is -1.75. The predicted octanol–water partition coefficient (Wildman–Crippen LogP) is 4.46. The zero-order valence-corrected chi connectivity index (χ0v) is 15.4. The molecule has 0 fully saturated rings. The van der Waals surface area contributed by atoms with Gasteiger partial charge in [0.25, 0.3) is 0 Å². The SMILES string of the molecule is COc1ccc(CN(C)[C@H](C)C(=O)Nc2c(Cl)cccc2Cl)cc1. The summed E-state index contributed by atoms with van der Waals surface area (Å²) in [6.45, 7) is 2.47. The Kier molecular flexibility index (Phi) is 6.49. The van der Waals surface area contributed by atoms with Crippen LogP contribution in [0.1, 0.15) is 12.5 Å². The van der Waals surface area contributed by atoms with E-state index in [0.717, 1.165) is 11.3 Å². The Balaban J connectivity index is 2.01. The second kappa shape index (κ2) is 8.38. The van der Waals surface area contributed by atoms with Gasteiger partial charge in [-0.05, 0) is 43.8 Å². The van der Waals surface area contributed by atoms with E-state index in [1.165, 1.54) is 0 Å². The number of rotatable bonds is 6. The predicted molar refractivity (Wildman–Crippen MR) is 99.0 cm³/mol. The molecule has 0 bridgehead atoms. The summed E-state index contributed by atoms with van der Waals surface area (Å²) in [5.74, 6) is 0.640. The van der Waals surface area contributed by atoms with Crippen molar-refractivity contribution in [2.75, 3.05) is 19.5 Å². The van der Waals surface area contributed by atoms with Crippen LogP contribution in [0.3, 0.4) is 0 Å². The van der Waals surface area contributed by atoms with Crippen LogP contribution in [0.25, 0.3) is 0 Å². The summed E-state index contributed by atoms with van der Waals surface area (Å²) in [5, 5.41) is 3.63. The average Bonchev–Trinajstić information content (AvgIpc) is 2.58. The molecule has 1 amide bonds. The topological polar surface area (TPSA) is 41.6 Å². The van der Waals surface area contributed by atoms with Crippen molar-refractivity contribution in [3.05, 3.63) is 58.1 Å². The minimum Gasteiger partial charge on any atom is -0.497 e. The lowest BCUT2D eigenvalue weighted by Crippen LogP contribution is -2.39. The summed E-state index contributed by atoms with van der Waals surface area (Å²) in [6, 6.07) is 12.5. The van der Waals surface area contributed by atoms with Gasteiger partial charge in [0.1, 0.15) is 5.75 Å². The van der Waals surface area contributed by atoms with Crippen molar-refractivity contribution in [3.63, 3.8) is 0 Å². The third-order valence-electron chi connectivity index (χ3n) is 3.84. The maximum absolute atomic E-state index is 12.5. The molecule has 0 aliphatic rings. The van der Waals surface area contributed by atoms with Gasteiger partial charge in [-0.15, -0.1) is 0 Å². The van der Waals surface area contributed by atoms with Gasteiger partial charge in [0, 0.05) is 6.54 Å². The summed E-state index contributed by atoms with van der Waals surface area (Å²) in [6.07, 6.45) is 0. The highest BCUT2D eigenvalue weighted by Crippen LogP contribution is 2.30. The summed E-state index contributed by atoms with van der Waals surface area (Å²) in [7, 11) is 3.52. The van der Waals surface area contributed by atoms with Crippen molar-refractivity contribution < 1.29 is 9.53 Å². The zero-order chi connectivity index (χ0) is 17.7. The van der Waals surface area contributed by atoms with E-state index in [4.69, 9.17) is 27.9 Å². The Morgan fingerprint density at radius 1 is 1.17 bits per heavy atom. The number of para-hydroxylation sites is 1. The van der Waals surface area contributed by atoms with Crippen LogP contribution in [0.5, 0.6) is 5.75 Å². The van der Waals surface area contributed by atoms with Crippen molar-refractivity contribution in [1.29, 1.82) is 0 Å². The molecule has 6 heteroatoms. The lowest BCUT2D eigenvalue weighted by Gasteiger charge is -2.24. The fourth-order valence-corrected chi connectivity index (χ4v) is 2.69. The molecular formula is C18H20Cl2N2O2. The Bertz CT molecular complexity index is 684. The first-order valence-electron chi connectivity index (χ1n) is 7.50. The van der Waals surface area contributed by atoms with Gasteiger partial charge in [0.15, 0.2) is 0 Å². The van der Waals surface area contributed by atoms with Gasteiger partial charge in [-0.1, -0.05) is 41.4 Å². The van der Waals surface area contributed by atoms with E-state index in [9.17, 15) is 4.79 Å². The molecule has 2 aromatic carbocycles. The third kappa shape index (κ3) is 4.63. The van der Waals surface area contributed by atoms with Crippen LogP contribution in [0.15, 0.2) is 42.5 Å². The van der Waals surface area contributed by atoms with Crippen molar-refractivity contribution >= 4 is 34.8 Å². The van der Waals surface area contributed by atoms with Crippen LogP contribution >= 0.6 is 23.2 Å². The monoisotopic (exact) mass is 366 g/mol. The molecular weight excluding hydrogens is 347 g/mol. The summed E-state index contributed by atoms with van der Waals surface area (Å²) < 4.78 is 5.15. The fraction of sp³-hybridized carbons (Fsp3) is 0.278. The molecule has 24 heavy (non-hydrogen) atoms. The number of carbonyl (C=O) groups excluding carboxylic acids is 1. The standard InChI is InChI=1S/C18H20Cl2N2O2/c1-12(18(23)21-17-15(19)5-4-6-16(17)20)22(2)11-13-7-9-14(24-3)10-8-13/h4-10,12H,11H2,1-3H3,(H,21,23)/t12-/m1/s1. The summed E-state index contributed by atoms with van der Waals surface area (Å²) >= 11 is 12.2. The highest BCUT2D eigenvalue weighted by molar-refractivity contribution is 6.39. The smallest absolute Gasteiger partial charge is 0.241 e. The van der Waals surface area contributed by atoms with E-state index in [-0.39, 0.29) is 11.9 Å². The molecule has 0 spiro atoms. The maximum atomic E-state index is 12.5. The van der Waals surface area contributed by atoms with Crippen LogP contribution in [0, 0.1) is 0 Å². The number of benzene rings is 2. The molecule has 0 saturated heterocycles. The number of anilines is 1. The van der Waals surface area contributed by atoms with Crippen LogP contribution in [0.4, 0.5) is 5.69 Å². The highest BCUT2D eigenvalue weighted by Gasteiger charge is 2.20. The minimum atomic E-state index is -0.348. The van der Waals surface area contributed by atoms with E-state index < -0.39 is 0 Å². The quantitative estimate of drug-likeness (QED) is 0.820. The van der Waals surface area contributed by atoms with Gasteiger partial charge < -0.3 is 10.1 Å². The molecule has 0 aliphatic heterocycles. The number of likely N-dealkylation sites (N-methyl/N-ethyl adjacent to an activating group) is 1. The number of methoxy groups -OCH3 is 1. The molecule has 2 rings (SSSR count). The molecule has 0 saturated carbocycles. The first-order chi connectivity index (χ1) is 11.4. The second-order valence-corrected chi connectivity index (χ2v) is 6.34. The van der Waals surface area contributed by atoms with Gasteiger partial charge >= 0.3 is 0 Å².